The second-order valence-electron chi connectivity index (χ2n) is 4.98. The number of nitrogens with zero attached hydrogens (tertiary/aromatic N) is 2. The number of piperidine rings is 1. The smallest absolute Gasteiger partial charge is 0.186 e. The van der Waals surface area contributed by atoms with Crippen LogP contribution in [0.2, 0.25) is 4.34 Å². The zero-order valence-electron chi connectivity index (χ0n) is 10.9. The van der Waals surface area contributed by atoms with E-state index in [-0.39, 0.29) is 5.78 Å². The van der Waals surface area contributed by atoms with E-state index < -0.39 is 0 Å². The van der Waals surface area contributed by atoms with Crippen LogP contribution in [0.4, 0.5) is 0 Å². The maximum atomic E-state index is 12.1. The molecule has 18 heavy (non-hydrogen) atoms. The fourth-order valence-electron chi connectivity index (χ4n) is 2.33. The normalized spacial score (nSPS) is 18.4. The molecule has 0 aromatic carbocycles. The van der Waals surface area contributed by atoms with Crippen molar-refractivity contribution in [2.24, 2.45) is 0 Å². The molecule has 0 N–H and O–H groups in total. The van der Waals surface area contributed by atoms with Crippen molar-refractivity contribution < 1.29 is 4.79 Å². The Kier molecular flexibility index (Phi) is 4.78. The monoisotopic (exact) mass is 286 g/mol. The molecule has 0 saturated carbocycles. The van der Waals surface area contributed by atoms with Crippen molar-refractivity contribution in [2.75, 3.05) is 33.7 Å². The molecule has 3 nitrogen and oxygen atoms in total. The molecule has 0 unspecified atom stereocenters. The predicted octanol–water partition coefficient (Wildman–Crippen LogP) is 2.61. The first-order valence-corrected chi connectivity index (χ1v) is 7.43. The summed E-state index contributed by atoms with van der Waals surface area (Å²) < 4.78 is 0.681. The van der Waals surface area contributed by atoms with E-state index in [9.17, 15) is 4.79 Å². The van der Waals surface area contributed by atoms with E-state index in [1.807, 2.05) is 13.1 Å². The molecule has 0 spiro atoms. The average molecular weight is 287 g/mol. The van der Waals surface area contributed by atoms with Gasteiger partial charge in [-0.05, 0) is 52.2 Å². The van der Waals surface area contributed by atoms with Crippen LogP contribution >= 0.6 is 22.9 Å². The zero-order chi connectivity index (χ0) is 13.1. The van der Waals surface area contributed by atoms with Crippen LogP contribution in [0, 0.1) is 0 Å². The zero-order valence-corrected chi connectivity index (χ0v) is 12.4. The number of thiophene rings is 1. The average Bonchev–Trinajstić information content (AvgIpc) is 2.76. The van der Waals surface area contributed by atoms with Crippen LogP contribution in [0.3, 0.4) is 0 Å². The van der Waals surface area contributed by atoms with Crippen molar-refractivity contribution in [3.8, 4) is 0 Å². The van der Waals surface area contributed by atoms with Crippen molar-refractivity contribution in [1.82, 2.24) is 9.80 Å². The van der Waals surface area contributed by atoms with E-state index >= 15 is 0 Å². The summed E-state index contributed by atoms with van der Waals surface area (Å²) in [7, 11) is 4.19. The minimum absolute atomic E-state index is 0.174. The number of likely N-dealkylation sites (N-methyl/N-ethyl adjacent to an activating group) is 1. The molecule has 1 aliphatic rings. The van der Waals surface area contributed by atoms with Gasteiger partial charge in [-0.1, -0.05) is 11.6 Å². The first-order chi connectivity index (χ1) is 8.56. The lowest BCUT2D eigenvalue weighted by atomic mass is 10.0. The summed E-state index contributed by atoms with van der Waals surface area (Å²) in [6.45, 7) is 2.73. The van der Waals surface area contributed by atoms with E-state index in [0.717, 1.165) is 30.8 Å². The first kappa shape index (κ1) is 14.0. The molecule has 5 heteroatoms. The Morgan fingerprint density at radius 3 is 2.72 bits per heavy atom. The second-order valence-corrected chi connectivity index (χ2v) is 6.69. The highest BCUT2D eigenvalue weighted by molar-refractivity contribution is 7.18. The van der Waals surface area contributed by atoms with Crippen LogP contribution in [0.5, 0.6) is 0 Å². The highest BCUT2D eigenvalue weighted by atomic mass is 35.5. The van der Waals surface area contributed by atoms with E-state index in [1.165, 1.54) is 11.3 Å². The number of hydrogen-bond acceptors (Lipinski definition) is 4. The van der Waals surface area contributed by atoms with Gasteiger partial charge in [0.2, 0.25) is 0 Å². The van der Waals surface area contributed by atoms with Gasteiger partial charge in [-0.3, -0.25) is 9.69 Å². The Labute approximate surface area is 117 Å². The van der Waals surface area contributed by atoms with E-state index in [0.29, 0.717) is 16.9 Å². The molecule has 1 aromatic heterocycles. The van der Waals surface area contributed by atoms with Crippen LogP contribution < -0.4 is 0 Å². The lowest BCUT2D eigenvalue weighted by molar-refractivity contribution is 0.0875. The third-order valence-electron chi connectivity index (χ3n) is 3.55. The first-order valence-electron chi connectivity index (χ1n) is 6.23. The van der Waals surface area contributed by atoms with Gasteiger partial charge in [0.25, 0.3) is 0 Å². The fourth-order valence-corrected chi connectivity index (χ4v) is 3.31. The number of hydrogen-bond donors (Lipinski definition) is 0. The Bertz CT molecular complexity index is 413. The van der Waals surface area contributed by atoms with Crippen LogP contribution in [-0.2, 0) is 0 Å². The molecule has 0 amide bonds. The van der Waals surface area contributed by atoms with Crippen LogP contribution in [0.15, 0.2) is 12.1 Å². The maximum absolute atomic E-state index is 12.1. The van der Waals surface area contributed by atoms with Gasteiger partial charge in [0.15, 0.2) is 5.78 Å². The molecule has 0 bridgehead atoms. The number of Topliss-reactive ketones (excluding diaryl/α,β-unsaturated/α-hetero) is 1. The molecule has 1 saturated heterocycles. The molecule has 100 valence electrons. The summed E-state index contributed by atoms with van der Waals surface area (Å²) >= 11 is 7.22. The molecule has 0 aliphatic carbocycles. The third kappa shape index (κ3) is 3.54. The highest BCUT2D eigenvalue weighted by Gasteiger charge is 2.22. The topological polar surface area (TPSA) is 23.6 Å². The number of likely N-dealkylation sites (tertiary alicyclic amines) is 1. The summed E-state index contributed by atoms with van der Waals surface area (Å²) in [6.07, 6.45) is 2.29. The van der Waals surface area contributed by atoms with E-state index in [4.69, 9.17) is 11.6 Å². The van der Waals surface area contributed by atoms with Crippen LogP contribution in [0.1, 0.15) is 22.5 Å². The minimum atomic E-state index is 0.174. The standard InChI is InChI=1S/C13H19ClN2OS/c1-15-7-5-10(6-8-15)16(2)9-11(17)12-3-4-13(14)18-12/h3-4,10H,5-9H2,1-2H3. The molecule has 1 fully saturated rings. The van der Waals surface area contributed by atoms with Crippen molar-refractivity contribution in [1.29, 1.82) is 0 Å². The van der Waals surface area contributed by atoms with Crippen LogP contribution in [0.25, 0.3) is 0 Å². The summed E-state index contributed by atoms with van der Waals surface area (Å²) in [5.41, 5.74) is 0. The lowest BCUT2D eigenvalue weighted by Crippen LogP contribution is -2.43. The van der Waals surface area contributed by atoms with Crippen LogP contribution in [-0.4, -0.2) is 55.4 Å². The van der Waals surface area contributed by atoms with E-state index in [1.54, 1.807) is 6.07 Å². The summed E-state index contributed by atoms with van der Waals surface area (Å²) in [5.74, 6) is 0.174. The van der Waals surface area contributed by atoms with Gasteiger partial charge in [0.05, 0.1) is 15.8 Å². The molecule has 0 radical (unpaired) electrons. The lowest BCUT2D eigenvalue weighted by Gasteiger charge is -2.34. The van der Waals surface area contributed by atoms with Crippen molar-refractivity contribution >= 4 is 28.7 Å². The summed E-state index contributed by atoms with van der Waals surface area (Å²) in [5, 5.41) is 0. The van der Waals surface area contributed by atoms with Gasteiger partial charge in [-0.15, -0.1) is 11.3 Å². The van der Waals surface area contributed by atoms with E-state index in [2.05, 4.69) is 16.8 Å². The number of carbonyl (C=O) groups excluding carboxylic acids is 1. The fraction of sp³-hybridized carbons (Fsp3) is 0.615. The molecule has 0 atom stereocenters. The van der Waals surface area contributed by atoms with Gasteiger partial charge in [-0.25, -0.2) is 0 Å². The Morgan fingerprint density at radius 2 is 2.17 bits per heavy atom. The molecular formula is C13H19ClN2OS. The van der Waals surface area contributed by atoms with Gasteiger partial charge >= 0.3 is 0 Å². The van der Waals surface area contributed by atoms with Crippen molar-refractivity contribution in [3.05, 3.63) is 21.3 Å². The molecule has 1 aromatic rings. The molecule has 1 aliphatic heterocycles. The molecular weight excluding hydrogens is 268 g/mol. The summed E-state index contributed by atoms with van der Waals surface area (Å²) in [6, 6.07) is 4.13. The molecule has 2 heterocycles. The Hall–Kier alpha value is -0.420. The van der Waals surface area contributed by atoms with Gasteiger partial charge < -0.3 is 4.90 Å². The Balaban J connectivity index is 1.87. The van der Waals surface area contributed by atoms with Gasteiger partial charge in [-0.2, -0.15) is 0 Å². The van der Waals surface area contributed by atoms with Gasteiger partial charge in [0, 0.05) is 6.04 Å². The predicted molar refractivity (Wildman–Crippen MR) is 76.8 cm³/mol. The number of carbonyl (C=O) groups is 1. The minimum Gasteiger partial charge on any atom is -0.306 e. The Morgan fingerprint density at radius 1 is 1.50 bits per heavy atom. The second kappa shape index (κ2) is 6.15. The number of halogens is 1. The highest BCUT2D eigenvalue weighted by Crippen LogP contribution is 2.22. The van der Waals surface area contributed by atoms with Crippen molar-refractivity contribution in [3.63, 3.8) is 0 Å². The van der Waals surface area contributed by atoms with Crippen molar-refractivity contribution in [2.45, 2.75) is 18.9 Å². The summed E-state index contributed by atoms with van der Waals surface area (Å²) in [4.78, 5) is 17.4. The SMILES string of the molecule is CN1CCC(N(C)CC(=O)c2ccc(Cl)s2)CC1. The van der Waals surface area contributed by atoms with Gasteiger partial charge in [0.1, 0.15) is 0 Å². The largest absolute Gasteiger partial charge is 0.306 e. The maximum Gasteiger partial charge on any atom is 0.186 e. The number of rotatable bonds is 4. The number of ketones is 1. The molecule has 2 rings (SSSR count). The third-order valence-corrected chi connectivity index (χ3v) is 4.82. The quantitative estimate of drug-likeness (QED) is 0.795.